The predicted octanol–water partition coefficient (Wildman–Crippen LogP) is 18.4. The number of aryl methyl sites for hydroxylation is 4. The minimum Gasteiger partial charge on any atom is -0.331 e. The molecule has 0 saturated carbocycles. The van der Waals surface area contributed by atoms with Gasteiger partial charge in [-0.1, -0.05) is 225 Å². The van der Waals surface area contributed by atoms with E-state index in [0.29, 0.717) is 23.7 Å². The van der Waals surface area contributed by atoms with Crippen molar-refractivity contribution in [2.75, 3.05) is 22.9 Å². The van der Waals surface area contributed by atoms with Crippen LogP contribution in [0.2, 0.25) is 0 Å². The topological polar surface area (TPSA) is 13.0 Å². The van der Waals surface area contributed by atoms with Gasteiger partial charge in [-0.15, -0.1) is 0 Å². The van der Waals surface area contributed by atoms with Crippen molar-refractivity contribution < 1.29 is 0 Å². The molecule has 76 heavy (non-hydrogen) atoms. The zero-order chi connectivity index (χ0) is 54.6. The molecule has 0 saturated heterocycles. The van der Waals surface area contributed by atoms with Gasteiger partial charge in [-0.3, -0.25) is 9.80 Å². The van der Waals surface area contributed by atoms with Gasteiger partial charge in [0.05, 0.1) is 22.8 Å². The van der Waals surface area contributed by atoms with Crippen LogP contribution < -0.4 is 9.80 Å². The Hall–Kier alpha value is -6.16. The minimum absolute atomic E-state index is 0.448. The molecule has 0 aliphatic carbocycles. The van der Waals surface area contributed by atoms with Crippen molar-refractivity contribution >= 4 is 103 Å². The first kappa shape index (κ1) is 54.6. The van der Waals surface area contributed by atoms with Crippen molar-refractivity contribution in [3.63, 3.8) is 0 Å². The van der Waals surface area contributed by atoms with Crippen LogP contribution in [0.25, 0.3) is 22.8 Å². The molecule has 0 amide bonds. The van der Waals surface area contributed by atoms with Crippen molar-refractivity contribution in [1.29, 1.82) is 0 Å². The third-order valence-corrected chi connectivity index (χ3v) is 17.1. The SMILES string of the molecule is CC(C)c1ccc(C2=C3C(=S)N(c4ccc(C(C)C)cc4)C(c4ccc(C(C)C)cc4)=C3C(=S)N2c2ccc(C(C)C)cc2)cc1.CCN1C(=S)C2=C(c3ccc(C)cc3C)N(CC)C(=S)C2=C1c1ccc(C)cc1C. The van der Waals surface area contributed by atoms with E-state index in [0.717, 1.165) is 89.2 Å². The minimum atomic E-state index is 0.448. The Bertz CT molecular complexity index is 3210. The second-order valence-corrected chi connectivity index (χ2v) is 23.5. The number of rotatable bonds is 12. The molecule has 0 aromatic heterocycles. The Morgan fingerprint density at radius 3 is 0.882 bits per heavy atom. The molecule has 0 unspecified atom stereocenters. The van der Waals surface area contributed by atoms with Gasteiger partial charge in [0.2, 0.25) is 0 Å². The van der Waals surface area contributed by atoms with Crippen LogP contribution in [0.5, 0.6) is 0 Å². The maximum Gasteiger partial charge on any atom is 0.121 e. The number of likely N-dealkylation sites (N-methyl/N-ethyl adjacent to an activating group) is 2. The highest BCUT2D eigenvalue weighted by Crippen LogP contribution is 2.52. The van der Waals surface area contributed by atoms with Crippen LogP contribution in [-0.4, -0.2) is 42.8 Å². The molecule has 0 radical (unpaired) electrons. The van der Waals surface area contributed by atoms with Gasteiger partial charge >= 0.3 is 0 Å². The Labute approximate surface area is 475 Å². The summed E-state index contributed by atoms with van der Waals surface area (Å²) >= 11 is 25.1. The molecule has 4 aliphatic rings. The summed E-state index contributed by atoms with van der Waals surface area (Å²) in [6.07, 6.45) is 0. The Kier molecular flexibility index (Phi) is 15.9. The highest BCUT2D eigenvalue weighted by molar-refractivity contribution is 7.82. The first-order valence-corrected chi connectivity index (χ1v) is 28.8. The molecule has 0 spiro atoms. The fraction of sp³-hybridized carbons (Fsp3) is 0.294. The summed E-state index contributed by atoms with van der Waals surface area (Å²) in [6, 6.07) is 48.9. The molecule has 10 rings (SSSR count). The molecule has 0 N–H and O–H groups in total. The Balaban J connectivity index is 0.000000203. The van der Waals surface area contributed by atoms with E-state index >= 15 is 0 Å². The predicted molar refractivity (Wildman–Crippen MR) is 342 cm³/mol. The lowest BCUT2D eigenvalue weighted by atomic mass is 9.97. The number of benzene rings is 6. The van der Waals surface area contributed by atoms with Gasteiger partial charge in [-0.05, 0) is 134 Å². The molecule has 6 aromatic carbocycles. The second kappa shape index (κ2) is 22.1. The van der Waals surface area contributed by atoms with Crippen molar-refractivity contribution in [2.45, 2.75) is 121 Å². The van der Waals surface area contributed by atoms with E-state index < -0.39 is 0 Å². The van der Waals surface area contributed by atoms with Crippen molar-refractivity contribution in [3.8, 4) is 0 Å². The maximum absolute atomic E-state index is 6.48. The third kappa shape index (κ3) is 9.80. The summed E-state index contributed by atoms with van der Waals surface area (Å²) in [7, 11) is 0. The number of hydrogen-bond acceptors (Lipinski definition) is 4. The fourth-order valence-electron chi connectivity index (χ4n) is 11.1. The molecule has 4 nitrogen and oxygen atoms in total. The standard InChI is InChI=1S/C42H44N2S2.C26H28N2S2/c1-25(2)29-9-13-33(14-10-29)39-37-38(42(46)43(39)35-21-17-31(18-22-35)27(5)6)40(34-15-11-30(12-16-34)26(3)4)44(41(37)45)36-23-19-32(20-24-36)28(7)8;1-7-27-23(19-11-9-15(3)13-17(19)5)21-22(25(27)29)24(28(8-2)26(21)30)20-12-10-16(4)14-18(20)6/h9-28H,1-8H3;9-14H,7-8H2,1-6H3. The van der Waals surface area contributed by atoms with Gasteiger partial charge in [0.1, 0.15) is 20.0 Å². The monoisotopic (exact) mass is 1070 g/mol. The quantitative estimate of drug-likeness (QED) is 0.111. The molecule has 6 aromatic rings. The summed E-state index contributed by atoms with van der Waals surface area (Å²) in [4.78, 5) is 12.4. The molecule has 0 atom stereocenters. The Morgan fingerprint density at radius 1 is 0.342 bits per heavy atom. The van der Waals surface area contributed by atoms with Crippen molar-refractivity contribution in [2.24, 2.45) is 0 Å². The summed E-state index contributed by atoms with van der Waals surface area (Å²) in [5, 5.41) is 0. The first-order chi connectivity index (χ1) is 36.3. The largest absolute Gasteiger partial charge is 0.331 e. The number of nitrogens with zero attached hydrogens (tertiary/aromatic N) is 4. The zero-order valence-corrected chi connectivity index (χ0v) is 50.1. The lowest BCUT2D eigenvalue weighted by Gasteiger charge is -2.28. The van der Waals surface area contributed by atoms with Crippen LogP contribution in [0.3, 0.4) is 0 Å². The smallest absolute Gasteiger partial charge is 0.121 e. The van der Waals surface area contributed by atoms with E-state index in [1.807, 2.05) is 0 Å². The average molecular weight is 1070 g/mol. The van der Waals surface area contributed by atoms with E-state index in [4.69, 9.17) is 48.9 Å². The lowest BCUT2D eigenvalue weighted by molar-refractivity contribution is 0.620. The molecule has 0 bridgehead atoms. The normalized spacial score (nSPS) is 15.6. The Morgan fingerprint density at radius 2 is 0.618 bits per heavy atom. The van der Waals surface area contributed by atoms with Crippen LogP contribution in [-0.2, 0) is 0 Å². The van der Waals surface area contributed by atoms with Gasteiger partial charge in [0.15, 0.2) is 0 Å². The van der Waals surface area contributed by atoms with E-state index in [1.54, 1.807) is 0 Å². The highest BCUT2D eigenvalue weighted by atomic mass is 32.1. The van der Waals surface area contributed by atoms with Crippen LogP contribution in [0.4, 0.5) is 11.4 Å². The lowest BCUT2D eigenvalue weighted by Crippen LogP contribution is -2.28. The van der Waals surface area contributed by atoms with Gasteiger partial charge in [0.25, 0.3) is 0 Å². The summed E-state index contributed by atoms with van der Waals surface area (Å²) in [5.74, 6) is 1.80. The van der Waals surface area contributed by atoms with Crippen LogP contribution >= 0.6 is 48.9 Å². The van der Waals surface area contributed by atoms with E-state index in [2.05, 4.69) is 250 Å². The van der Waals surface area contributed by atoms with Gasteiger partial charge in [0, 0.05) is 57.9 Å². The maximum atomic E-state index is 6.48. The van der Waals surface area contributed by atoms with Crippen LogP contribution in [0.1, 0.15) is 160 Å². The second-order valence-electron chi connectivity index (χ2n) is 22.0. The molecule has 8 heteroatoms. The molecule has 388 valence electrons. The van der Waals surface area contributed by atoms with Crippen LogP contribution in [0, 0.1) is 27.7 Å². The van der Waals surface area contributed by atoms with Gasteiger partial charge in [-0.2, -0.15) is 0 Å². The third-order valence-electron chi connectivity index (χ3n) is 15.4. The van der Waals surface area contributed by atoms with Crippen molar-refractivity contribution in [3.05, 3.63) is 223 Å². The highest BCUT2D eigenvalue weighted by Gasteiger charge is 2.47. The zero-order valence-electron chi connectivity index (χ0n) is 46.8. The van der Waals surface area contributed by atoms with E-state index in [-0.39, 0.29) is 0 Å². The van der Waals surface area contributed by atoms with E-state index in [1.165, 1.54) is 67.0 Å². The molecule has 0 fully saturated rings. The van der Waals surface area contributed by atoms with Gasteiger partial charge in [-0.25, -0.2) is 0 Å². The summed E-state index contributed by atoms with van der Waals surface area (Å²) in [6.45, 7) is 32.4. The summed E-state index contributed by atoms with van der Waals surface area (Å²) < 4.78 is 0. The summed E-state index contributed by atoms with van der Waals surface area (Å²) in [5.41, 5.74) is 25.8. The number of thiocarbonyl (C=S) groups is 4. The molecular weight excluding hydrogens is 1000 g/mol. The number of hydrogen-bond donors (Lipinski definition) is 0. The molecule has 4 aliphatic heterocycles. The van der Waals surface area contributed by atoms with Gasteiger partial charge < -0.3 is 9.80 Å². The van der Waals surface area contributed by atoms with Crippen molar-refractivity contribution in [1.82, 2.24) is 9.80 Å². The van der Waals surface area contributed by atoms with Crippen LogP contribution in [0.15, 0.2) is 156 Å². The first-order valence-electron chi connectivity index (χ1n) is 27.1. The van der Waals surface area contributed by atoms with E-state index in [9.17, 15) is 0 Å². The number of anilines is 2. The molecular formula is C68H72N4S4. The fourth-order valence-corrected chi connectivity index (χ4v) is 12.8. The number of fused-ring (bicyclic) bond motifs is 2. The molecule has 4 heterocycles. The average Bonchev–Trinajstić information content (AvgIpc) is 4.08.